The van der Waals surface area contributed by atoms with E-state index in [1.165, 1.54) is 18.2 Å². The molecule has 0 fully saturated rings. The molecule has 2 aromatic rings. The Morgan fingerprint density at radius 3 is 2.53 bits per heavy atom. The Balaban J connectivity index is 2.18. The van der Waals surface area contributed by atoms with Gasteiger partial charge in [-0.1, -0.05) is 18.2 Å². The molecule has 0 aliphatic heterocycles. The highest BCUT2D eigenvalue weighted by Crippen LogP contribution is 2.21. The lowest BCUT2D eigenvalue weighted by molar-refractivity contribution is 0.102. The minimum Gasteiger partial charge on any atom is -0.392 e. The Hall–Kier alpha value is -1.72. The molecular weight excluding hydrogens is 313 g/mol. The monoisotopic (exact) mass is 323 g/mol. The Bertz CT molecular complexity index is 599. The molecule has 2 aromatic carbocycles. The van der Waals surface area contributed by atoms with Crippen LogP contribution < -0.4 is 5.32 Å². The first-order chi connectivity index (χ1) is 9.11. The van der Waals surface area contributed by atoms with E-state index in [0.717, 1.165) is 5.56 Å². The summed E-state index contributed by atoms with van der Waals surface area (Å²) < 4.78 is 13.5. The maximum Gasteiger partial charge on any atom is 0.256 e. The highest BCUT2D eigenvalue weighted by atomic mass is 79.9. The maximum atomic E-state index is 13.3. The number of aliphatic hydroxyl groups is 1. The zero-order valence-corrected chi connectivity index (χ0v) is 11.4. The quantitative estimate of drug-likeness (QED) is 0.910. The van der Waals surface area contributed by atoms with Crippen LogP contribution in [0.4, 0.5) is 10.1 Å². The van der Waals surface area contributed by atoms with Crippen LogP contribution in [0.2, 0.25) is 0 Å². The molecular formula is C14H11BrFNO2. The summed E-state index contributed by atoms with van der Waals surface area (Å²) >= 11 is 3.05. The number of rotatable bonds is 3. The van der Waals surface area contributed by atoms with E-state index >= 15 is 0 Å². The van der Waals surface area contributed by atoms with Gasteiger partial charge < -0.3 is 10.4 Å². The zero-order valence-electron chi connectivity index (χ0n) is 9.86. The number of anilines is 1. The van der Waals surface area contributed by atoms with E-state index < -0.39 is 11.7 Å². The standard InChI is InChI=1S/C14H11BrFNO2/c15-13-11(2-1-3-12(13)16)14(19)17-10-6-4-9(8-18)5-7-10/h1-7,18H,8H2,(H,17,19). The highest BCUT2D eigenvalue weighted by molar-refractivity contribution is 9.10. The van der Waals surface area contributed by atoms with Crippen molar-refractivity contribution in [1.82, 2.24) is 0 Å². The number of carbonyl (C=O) groups excluding carboxylic acids is 1. The van der Waals surface area contributed by atoms with E-state index in [1.54, 1.807) is 24.3 Å². The first kappa shape index (κ1) is 13.7. The van der Waals surface area contributed by atoms with Gasteiger partial charge in [-0.3, -0.25) is 4.79 Å². The number of hydrogen-bond donors (Lipinski definition) is 2. The van der Waals surface area contributed by atoms with Gasteiger partial charge in [-0.25, -0.2) is 4.39 Å². The van der Waals surface area contributed by atoms with E-state index in [4.69, 9.17) is 5.11 Å². The number of hydrogen-bond acceptors (Lipinski definition) is 2. The van der Waals surface area contributed by atoms with Crippen molar-refractivity contribution < 1.29 is 14.3 Å². The van der Waals surface area contributed by atoms with Crippen molar-refractivity contribution in [3.8, 4) is 0 Å². The fraction of sp³-hybridized carbons (Fsp3) is 0.0714. The first-order valence-electron chi connectivity index (χ1n) is 5.57. The van der Waals surface area contributed by atoms with Gasteiger partial charge in [-0.15, -0.1) is 0 Å². The molecule has 19 heavy (non-hydrogen) atoms. The Kier molecular flexibility index (Phi) is 4.29. The summed E-state index contributed by atoms with van der Waals surface area (Å²) in [5.41, 5.74) is 1.56. The lowest BCUT2D eigenvalue weighted by atomic mass is 10.2. The van der Waals surface area contributed by atoms with Gasteiger partial charge in [-0.05, 0) is 45.8 Å². The molecule has 0 atom stereocenters. The third kappa shape index (κ3) is 3.19. The van der Waals surface area contributed by atoms with Crippen LogP contribution in [0.15, 0.2) is 46.9 Å². The number of halogens is 2. The number of carbonyl (C=O) groups is 1. The van der Waals surface area contributed by atoms with Crippen molar-refractivity contribution in [2.45, 2.75) is 6.61 Å². The summed E-state index contributed by atoms with van der Waals surface area (Å²) in [5.74, 6) is -0.883. The molecule has 0 saturated carbocycles. The predicted molar refractivity (Wildman–Crippen MR) is 74.4 cm³/mol. The van der Waals surface area contributed by atoms with Crippen LogP contribution >= 0.6 is 15.9 Å². The molecule has 3 nitrogen and oxygen atoms in total. The molecule has 0 saturated heterocycles. The molecule has 0 radical (unpaired) electrons. The van der Waals surface area contributed by atoms with Gasteiger partial charge in [0, 0.05) is 5.69 Å². The van der Waals surface area contributed by atoms with E-state index in [-0.39, 0.29) is 16.6 Å². The molecule has 2 N–H and O–H groups in total. The van der Waals surface area contributed by atoms with Crippen LogP contribution in [0, 0.1) is 5.82 Å². The van der Waals surface area contributed by atoms with E-state index in [1.807, 2.05) is 0 Å². The van der Waals surface area contributed by atoms with Crippen LogP contribution in [0.3, 0.4) is 0 Å². The summed E-state index contributed by atoms with van der Waals surface area (Å²) in [5, 5.41) is 11.6. The fourth-order valence-corrected chi connectivity index (χ4v) is 2.02. The van der Waals surface area contributed by atoms with E-state index in [0.29, 0.717) is 5.69 Å². The van der Waals surface area contributed by atoms with Crippen molar-refractivity contribution in [3.05, 3.63) is 63.9 Å². The molecule has 0 spiro atoms. The minimum absolute atomic E-state index is 0.0519. The molecule has 98 valence electrons. The third-order valence-electron chi connectivity index (χ3n) is 2.59. The summed E-state index contributed by atoms with van der Waals surface area (Å²) in [7, 11) is 0. The molecule has 0 aromatic heterocycles. The van der Waals surface area contributed by atoms with Crippen LogP contribution in [0.1, 0.15) is 15.9 Å². The molecule has 0 bridgehead atoms. The Morgan fingerprint density at radius 1 is 1.21 bits per heavy atom. The number of amides is 1. The van der Waals surface area contributed by atoms with Crippen molar-refractivity contribution in [1.29, 1.82) is 0 Å². The molecule has 5 heteroatoms. The number of benzene rings is 2. The smallest absolute Gasteiger partial charge is 0.256 e. The van der Waals surface area contributed by atoms with Crippen molar-refractivity contribution >= 4 is 27.5 Å². The van der Waals surface area contributed by atoms with Gasteiger partial charge in [0.1, 0.15) is 5.82 Å². The van der Waals surface area contributed by atoms with Crippen molar-refractivity contribution in [2.75, 3.05) is 5.32 Å². The second-order valence-corrected chi connectivity index (χ2v) is 4.70. The molecule has 0 heterocycles. The topological polar surface area (TPSA) is 49.3 Å². The van der Waals surface area contributed by atoms with Gasteiger partial charge in [0.25, 0.3) is 5.91 Å². The first-order valence-corrected chi connectivity index (χ1v) is 6.36. The Morgan fingerprint density at radius 2 is 1.89 bits per heavy atom. The molecule has 0 aliphatic carbocycles. The van der Waals surface area contributed by atoms with Gasteiger partial charge in [0.05, 0.1) is 16.6 Å². The summed E-state index contributed by atoms with van der Waals surface area (Å²) in [6.45, 7) is -0.0519. The van der Waals surface area contributed by atoms with Gasteiger partial charge in [0.2, 0.25) is 0 Å². The predicted octanol–water partition coefficient (Wildman–Crippen LogP) is 3.33. The second kappa shape index (κ2) is 5.95. The lowest BCUT2D eigenvalue weighted by Gasteiger charge is -2.07. The maximum absolute atomic E-state index is 13.3. The van der Waals surface area contributed by atoms with Crippen molar-refractivity contribution in [3.63, 3.8) is 0 Å². The second-order valence-electron chi connectivity index (χ2n) is 3.91. The molecule has 1 amide bonds. The molecule has 0 aliphatic rings. The third-order valence-corrected chi connectivity index (χ3v) is 3.40. The number of nitrogens with one attached hydrogen (secondary N) is 1. The van der Waals surface area contributed by atoms with E-state index in [9.17, 15) is 9.18 Å². The van der Waals surface area contributed by atoms with E-state index in [2.05, 4.69) is 21.2 Å². The minimum atomic E-state index is -0.483. The van der Waals surface area contributed by atoms with Gasteiger partial charge in [-0.2, -0.15) is 0 Å². The SMILES string of the molecule is O=C(Nc1ccc(CO)cc1)c1cccc(F)c1Br. The largest absolute Gasteiger partial charge is 0.392 e. The van der Waals surface area contributed by atoms with Gasteiger partial charge in [0.15, 0.2) is 0 Å². The zero-order chi connectivity index (χ0) is 13.8. The normalized spacial score (nSPS) is 10.3. The van der Waals surface area contributed by atoms with Gasteiger partial charge >= 0.3 is 0 Å². The van der Waals surface area contributed by atoms with Crippen LogP contribution in [0.5, 0.6) is 0 Å². The number of aliphatic hydroxyl groups excluding tert-OH is 1. The van der Waals surface area contributed by atoms with Crippen LogP contribution in [-0.4, -0.2) is 11.0 Å². The lowest BCUT2D eigenvalue weighted by Crippen LogP contribution is -2.13. The van der Waals surface area contributed by atoms with Crippen molar-refractivity contribution in [2.24, 2.45) is 0 Å². The Labute approximate surface area is 118 Å². The average Bonchev–Trinajstić information content (AvgIpc) is 2.42. The summed E-state index contributed by atoms with van der Waals surface area (Å²) in [6.07, 6.45) is 0. The fourth-order valence-electron chi connectivity index (χ4n) is 1.57. The highest BCUT2D eigenvalue weighted by Gasteiger charge is 2.12. The summed E-state index contributed by atoms with van der Waals surface area (Å²) in [4.78, 5) is 12.0. The summed E-state index contributed by atoms with van der Waals surface area (Å²) in [6, 6.07) is 11.0. The molecule has 0 unspecified atom stereocenters. The average molecular weight is 324 g/mol. The molecule has 2 rings (SSSR count). The van der Waals surface area contributed by atoms with Crippen LogP contribution in [-0.2, 0) is 6.61 Å². The van der Waals surface area contributed by atoms with Crippen LogP contribution in [0.25, 0.3) is 0 Å².